The molecule has 20 heavy (non-hydrogen) atoms. The summed E-state index contributed by atoms with van der Waals surface area (Å²) in [5, 5.41) is 6.24. The van der Waals surface area contributed by atoms with Gasteiger partial charge < -0.3 is 4.74 Å². The summed E-state index contributed by atoms with van der Waals surface area (Å²) >= 11 is 0. The Morgan fingerprint density at radius 1 is 1.25 bits per heavy atom. The van der Waals surface area contributed by atoms with Gasteiger partial charge in [0, 0.05) is 12.3 Å². The van der Waals surface area contributed by atoms with E-state index in [1.54, 1.807) is 37.6 Å². The van der Waals surface area contributed by atoms with Gasteiger partial charge >= 0.3 is 0 Å². The van der Waals surface area contributed by atoms with Crippen LogP contribution in [0.3, 0.4) is 0 Å². The van der Waals surface area contributed by atoms with Crippen LogP contribution >= 0.6 is 0 Å². The van der Waals surface area contributed by atoms with Crippen molar-refractivity contribution in [2.75, 3.05) is 13.4 Å². The smallest absolute Gasteiger partial charge is 0.264 e. The zero-order valence-electron chi connectivity index (χ0n) is 11.1. The summed E-state index contributed by atoms with van der Waals surface area (Å²) in [6.45, 7) is 0. The molecule has 1 unspecified atom stereocenters. The first-order chi connectivity index (χ1) is 9.60. The van der Waals surface area contributed by atoms with E-state index in [1.807, 2.05) is 12.1 Å². The van der Waals surface area contributed by atoms with E-state index >= 15 is 0 Å². The molecular weight excluding hydrogens is 276 g/mol. The summed E-state index contributed by atoms with van der Waals surface area (Å²) in [4.78, 5) is 11.6. The summed E-state index contributed by atoms with van der Waals surface area (Å²) in [6, 6.07) is 8.47. The molecule has 1 aromatic carbocycles. The van der Waals surface area contributed by atoms with Gasteiger partial charge in [0.1, 0.15) is 5.75 Å². The number of aromatic nitrogens is 2. The minimum atomic E-state index is -1.09. The summed E-state index contributed by atoms with van der Waals surface area (Å²) in [6.07, 6.45) is 5.22. The topological polar surface area (TPSA) is 72.1 Å². The Morgan fingerprint density at radius 3 is 2.65 bits per heavy atom. The van der Waals surface area contributed by atoms with Crippen LogP contribution in [0.4, 0.5) is 0 Å². The fraction of sp³-hybridized carbons (Fsp3) is 0.143. The molecule has 0 aliphatic carbocycles. The quantitative estimate of drug-likeness (QED) is 0.930. The van der Waals surface area contributed by atoms with Crippen molar-refractivity contribution in [3.05, 3.63) is 51.9 Å². The predicted octanol–water partition coefficient (Wildman–Crippen LogP) is 1.69. The average Bonchev–Trinajstić information content (AvgIpc) is 2.46. The van der Waals surface area contributed by atoms with Crippen molar-refractivity contribution in [3.63, 3.8) is 0 Å². The van der Waals surface area contributed by atoms with E-state index < -0.39 is 10.8 Å². The van der Waals surface area contributed by atoms with Gasteiger partial charge in [0.2, 0.25) is 0 Å². The van der Waals surface area contributed by atoms with Crippen molar-refractivity contribution in [2.24, 2.45) is 0 Å². The van der Waals surface area contributed by atoms with Gasteiger partial charge in [0.25, 0.3) is 5.56 Å². The Kier molecular flexibility index (Phi) is 4.47. The van der Waals surface area contributed by atoms with E-state index in [9.17, 15) is 9.00 Å². The molecule has 0 amide bonds. The first-order valence-corrected chi connectivity index (χ1v) is 7.41. The molecule has 1 atom stereocenters. The maximum absolute atomic E-state index is 11.5. The molecule has 104 valence electrons. The number of nitrogens with one attached hydrogen (secondary N) is 1. The van der Waals surface area contributed by atoms with Crippen molar-refractivity contribution in [1.29, 1.82) is 0 Å². The fourth-order valence-electron chi connectivity index (χ4n) is 1.66. The van der Waals surface area contributed by atoms with Crippen molar-refractivity contribution >= 4 is 23.0 Å². The van der Waals surface area contributed by atoms with Crippen LogP contribution in [0.5, 0.6) is 5.75 Å². The predicted molar refractivity (Wildman–Crippen MR) is 79.1 cm³/mol. The molecule has 0 aliphatic rings. The Labute approximate surface area is 118 Å². The van der Waals surface area contributed by atoms with Crippen LogP contribution in [0.1, 0.15) is 11.3 Å². The number of H-pyrrole nitrogens is 1. The Hall–Kier alpha value is -2.21. The Morgan fingerprint density at radius 2 is 2.05 bits per heavy atom. The van der Waals surface area contributed by atoms with E-state index in [4.69, 9.17) is 4.74 Å². The molecule has 0 saturated heterocycles. The number of aromatic amines is 1. The van der Waals surface area contributed by atoms with Crippen molar-refractivity contribution in [1.82, 2.24) is 10.2 Å². The molecule has 2 rings (SSSR count). The fourth-order valence-corrected chi connectivity index (χ4v) is 2.34. The molecular formula is C14H14N2O3S. The van der Waals surface area contributed by atoms with Gasteiger partial charge in [-0.15, -0.1) is 0 Å². The second-order valence-corrected chi connectivity index (χ2v) is 5.39. The molecule has 0 fully saturated rings. The van der Waals surface area contributed by atoms with Gasteiger partial charge in [-0.3, -0.25) is 9.00 Å². The van der Waals surface area contributed by atoms with Gasteiger partial charge in [-0.1, -0.05) is 12.1 Å². The highest BCUT2D eigenvalue weighted by molar-refractivity contribution is 7.84. The highest BCUT2D eigenvalue weighted by Gasteiger charge is 2.06. The molecule has 1 aromatic heterocycles. The summed E-state index contributed by atoms with van der Waals surface area (Å²) in [5.41, 5.74) is 1.30. The van der Waals surface area contributed by atoms with Gasteiger partial charge in [-0.2, -0.15) is 5.10 Å². The van der Waals surface area contributed by atoms with Crippen molar-refractivity contribution in [2.45, 2.75) is 4.90 Å². The van der Waals surface area contributed by atoms with Crippen LogP contribution in [0.25, 0.3) is 12.2 Å². The van der Waals surface area contributed by atoms with Gasteiger partial charge in [0.15, 0.2) is 0 Å². The van der Waals surface area contributed by atoms with Crippen LogP contribution in [0.2, 0.25) is 0 Å². The zero-order valence-corrected chi connectivity index (χ0v) is 11.9. The van der Waals surface area contributed by atoms with E-state index in [-0.39, 0.29) is 5.56 Å². The molecule has 1 heterocycles. The van der Waals surface area contributed by atoms with Gasteiger partial charge in [-0.05, 0) is 29.8 Å². The summed E-state index contributed by atoms with van der Waals surface area (Å²) < 4.78 is 16.7. The molecule has 6 heteroatoms. The van der Waals surface area contributed by atoms with Crippen molar-refractivity contribution < 1.29 is 8.95 Å². The monoisotopic (exact) mass is 290 g/mol. The highest BCUT2D eigenvalue weighted by Crippen LogP contribution is 2.23. The molecule has 0 saturated carbocycles. The molecule has 0 spiro atoms. The van der Waals surface area contributed by atoms with E-state index in [1.165, 1.54) is 6.07 Å². The lowest BCUT2D eigenvalue weighted by Crippen LogP contribution is -2.05. The SMILES string of the molecule is COc1cc(/C=C/c2ccc(=O)[nH]n2)ccc1S(C)=O. The molecule has 0 aliphatic heterocycles. The Bertz CT molecular complexity index is 702. The first-order valence-electron chi connectivity index (χ1n) is 5.85. The minimum absolute atomic E-state index is 0.237. The molecule has 0 bridgehead atoms. The second kappa shape index (κ2) is 6.29. The number of nitrogens with zero attached hydrogens (tertiary/aromatic N) is 1. The molecule has 1 N–H and O–H groups in total. The number of benzene rings is 1. The van der Waals surface area contributed by atoms with Crippen LogP contribution in [0.15, 0.2) is 40.0 Å². The van der Waals surface area contributed by atoms with E-state index in [0.717, 1.165) is 5.56 Å². The van der Waals surface area contributed by atoms with E-state index in [2.05, 4.69) is 10.2 Å². The molecule has 0 radical (unpaired) electrons. The highest BCUT2D eigenvalue weighted by atomic mass is 32.2. The lowest BCUT2D eigenvalue weighted by Gasteiger charge is -2.06. The number of hydrogen-bond donors (Lipinski definition) is 1. The first kappa shape index (κ1) is 14.2. The number of rotatable bonds is 4. The Balaban J connectivity index is 2.27. The van der Waals surface area contributed by atoms with Crippen LogP contribution in [-0.4, -0.2) is 27.8 Å². The number of hydrogen-bond acceptors (Lipinski definition) is 4. The zero-order chi connectivity index (χ0) is 14.5. The van der Waals surface area contributed by atoms with Crippen molar-refractivity contribution in [3.8, 4) is 5.75 Å². The lowest BCUT2D eigenvalue weighted by atomic mass is 10.2. The molecule has 2 aromatic rings. The molecule has 5 nitrogen and oxygen atoms in total. The van der Waals surface area contributed by atoms with Gasteiger partial charge in [0.05, 0.1) is 28.5 Å². The normalized spacial score (nSPS) is 12.5. The maximum Gasteiger partial charge on any atom is 0.264 e. The van der Waals surface area contributed by atoms with Crippen LogP contribution in [0, 0.1) is 0 Å². The third kappa shape index (κ3) is 3.42. The lowest BCUT2D eigenvalue weighted by molar-refractivity contribution is 0.404. The average molecular weight is 290 g/mol. The largest absolute Gasteiger partial charge is 0.495 e. The minimum Gasteiger partial charge on any atom is -0.495 e. The van der Waals surface area contributed by atoms with Crippen LogP contribution < -0.4 is 10.3 Å². The second-order valence-electron chi connectivity index (χ2n) is 4.04. The third-order valence-corrected chi connectivity index (χ3v) is 3.60. The van der Waals surface area contributed by atoms with Crippen LogP contribution in [-0.2, 0) is 10.8 Å². The maximum atomic E-state index is 11.5. The van der Waals surface area contributed by atoms with Gasteiger partial charge in [-0.25, -0.2) is 5.10 Å². The number of methoxy groups -OCH3 is 1. The number of ether oxygens (including phenoxy) is 1. The van der Waals surface area contributed by atoms with E-state index in [0.29, 0.717) is 16.3 Å². The third-order valence-electron chi connectivity index (χ3n) is 2.64. The summed E-state index contributed by atoms with van der Waals surface area (Å²) in [5.74, 6) is 0.586. The summed E-state index contributed by atoms with van der Waals surface area (Å²) in [7, 11) is 0.452. The standard InChI is InChI=1S/C14H14N2O3S/c1-19-12-9-10(4-7-13(12)20(2)18)3-5-11-6-8-14(17)16-15-11/h3-9H,1-2H3,(H,16,17)/b5-3+.